The third-order valence-electron chi connectivity index (χ3n) is 5.02. The van der Waals surface area contributed by atoms with Gasteiger partial charge in [-0.3, -0.25) is 4.79 Å². The molecule has 2 aromatic rings. The van der Waals surface area contributed by atoms with Gasteiger partial charge >= 0.3 is 0 Å². The molecule has 0 aliphatic carbocycles. The van der Waals surface area contributed by atoms with Crippen LogP contribution in [0.1, 0.15) is 18.0 Å². The molecule has 2 atom stereocenters. The van der Waals surface area contributed by atoms with Gasteiger partial charge < -0.3 is 9.80 Å². The van der Waals surface area contributed by atoms with Gasteiger partial charge in [0, 0.05) is 43.4 Å². The number of nitrogens with one attached hydrogen (secondary N) is 2. The molecule has 6 nitrogen and oxygen atoms in total. The molecule has 7 heteroatoms. The molecule has 0 saturated carbocycles. The lowest BCUT2D eigenvalue weighted by Crippen LogP contribution is -2.53. The van der Waals surface area contributed by atoms with Crippen LogP contribution in [-0.2, 0) is 4.79 Å². The minimum Gasteiger partial charge on any atom is -0.353 e. The number of hydrogen-bond acceptors (Lipinski definition) is 5. The van der Waals surface area contributed by atoms with E-state index in [0.717, 1.165) is 44.0 Å². The summed E-state index contributed by atoms with van der Waals surface area (Å²) in [7, 11) is 0. The van der Waals surface area contributed by atoms with E-state index < -0.39 is 0 Å². The Hall–Kier alpha value is -2.15. The van der Waals surface area contributed by atoms with Crippen molar-refractivity contribution < 1.29 is 4.79 Å². The van der Waals surface area contributed by atoms with Gasteiger partial charge in [0.25, 0.3) is 0 Å². The third-order valence-corrected chi connectivity index (χ3v) is 5.25. The molecular formula is C19H22ClN5O. The van der Waals surface area contributed by atoms with E-state index in [-0.39, 0.29) is 18.0 Å². The summed E-state index contributed by atoms with van der Waals surface area (Å²) in [5.74, 6) is 1.13. The van der Waals surface area contributed by atoms with Crippen molar-refractivity contribution in [1.82, 2.24) is 20.7 Å². The first kappa shape index (κ1) is 17.3. The lowest BCUT2D eigenvalue weighted by atomic mass is 10.0. The molecule has 1 amide bonds. The summed E-state index contributed by atoms with van der Waals surface area (Å²) in [5, 5.41) is 0.713. The predicted octanol–water partition coefficient (Wildman–Crippen LogP) is 1.99. The Morgan fingerprint density at radius 2 is 1.92 bits per heavy atom. The van der Waals surface area contributed by atoms with Gasteiger partial charge in [-0.2, -0.15) is 0 Å². The van der Waals surface area contributed by atoms with Crippen molar-refractivity contribution in [3.8, 4) is 0 Å². The molecule has 4 rings (SSSR count). The highest BCUT2D eigenvalue weighted by Crippen LogP contribution is 2.25. The minimum absolute atomic E-state index is 0.0949. The fourth-order valence-corrected chi connectivity index (χ4v) is 3.78. The fraction of sp³-hybridized carbons (Fsp3) is 0.368. The van der Waals surface area contributed by atoms with Crippen LogP contribution in [-0.4, -0.2) is 48.0 Å². The number of rotatable bonds is 3. The molecule has 26 heavy (non-hydrogen) atoms. The smallest absolute Gasteiger partial charge is 0.241 e. The molecule has 0 bridgehead atoms. The van der Waals surface area contributed by atoms with Crippen LogP contribution in [0.15, 0.2) is 48.7 Å². The van der Waals surface area contributed by atoms with Crippen LogP contribution in [0.3, 0.4) is 0 Å². The fourth-order valence-electron chi connectivity index (χ4n) is 3.58. The van der Waals surface area contributed by atoms with Gasteiger partial charge in [-0.15, -0.1) is 0 Å². The van der Waals surface area contributed by atoms with Gasteiger partial charge in [0.2, 0.25) is 5.91 Å². The lowest BCUT2D eigenvalue weighted by molar-refractivity contribution is -0.133. The van der Waals surface area contributed by atoms with E-state index >= 15 is 0 Å². The predicted molar refractivity (Wildman–Crippen MR) is 102 cm³/mol. The maximum atomic E-state index is 12.9. The van der Waals surface area contributed by atoms with Gasteiger partial charge in [-0.25, -0.2) is 15.8 Å². The number of carbonyl (C=O) groups excluding carboxylic acids is 1. The zero-order chi connectivity index (χ0) is 17.9. The summed E-state index contributed by atoms with van der Waals surface area (Å²) in [6, 6.07) is 13.6. The van der Waals surface area contributed by atoms with Crippen molar-refractivity contribution in [1.29, 1.82) is 0 Å². The van der Waals surface area contributed by atoms with Gasteiger partial charge in [-0.05, 0) is 36.2 Å². The molecule has 3 heterocycles. The van der Waals surface area contributed by atoms with Crippen molar-refractivity contribution in [2.45, 2.75) is 18.5 Å². The second kappa shape index (κ2) is 7.61. The zero-order valence-corrected chi connectivity index (χ0v) is 15.2. The third kappa shape index (κ3) is 3.67. The SMILES string of the molecule is O=C(C1CC(c2cccc(Cl)c2)NN1)N1CCN(c2ccccn2)CC1. The molecule has 1 aromatic heterocycles. The van der Waals surface area contributed by atoms with Crippen molar-refractivity contribution in [3.05, 3.63) is 59.2 Å². The average Bonchev–Trinajstić information content (AvgIpc) is 3.18. The molecule has 0 radical (unpaired) electrons. The van der Waals surface area contributed by atoms with E-state index in [4.69, 9.17) is 11.6 Å². The highest BCUT2D eigenvalue weighted by atomic mass is 35.5. The Labute approximate surface area is 158 Å². The Morgan fingerprint density at radius 1 is 1.08 bits per heavy atom. The molecule has 2 N–H and O–H groups in total. The summed E-state index contributed by atoms with van der Waals surface area (Å²) in [4.78, 5) is 21.4. The number of amides is 1. The van der Waals surface area contributed by atoms with Crippen molar-refractivity contribution in [2.24, 2.45) is 0 Å². The standard InChI is InChI=1S/C19H22ClN5O/c20-15-5-3-4-14(12-15)16-13-17(23-22-16)19(26)25-10-8-24(9-11-25)18-6-1-2-7-21-18/h1-7,12,16-17,22-23H,8-11,13H2. The van der Waals surface area contributed by atoms with E-state index in [0.29, 0.717) is 5.02 Å². The van der Waals surface area contributed by atoms with Crippen molar-refractivity contribution in [2.75, 3.05) is 31.1 Å². The van der Waals surface area contributed by atoms with Crippen molar-refractivity contribution in [3.63, 3.8) is 0 Å². The minimum atomic E-state index is -0.208. The Kier molecular flexibility index (Phi) is 5.06. The van der Waals surface area contributed by atoms with E-state index in [1.807, 2.05) is 47.4 Å². The number of piperazine rings is 1. The second-order valence-electron chi connectivity index (χ2n) is 6.68. The normalized spacial score (nSPS) is 23.3. The van der Waals surface area contributed by atoms with E-state index in [2.05, 4.69) is 20.7 Å². The highest BCUT2D eigenvalue weighted by molar-refractivity contribution is 6.30. The molecule has 2 saturated heterocycles. The number of anilines is 1. The summed E-state index contributed by atoms with van der Waals surface area (Å²) in [6.45, 7) is 3.05. The molecule has 136 valence electrons. The molecular weight excluding hydrogens is 350 g/mol. The average molecular weight is 372 g/mol. The summed E-state index contributed by atoms with van der Waals surface area (Å²) in [5.41, 5.74) is 7.48. The summed E-state index contributed by atoms with van der Waals surface area (Å²) in [6.07, 6.45) is 2.52. The maximum Gasteiger partial charge on any atom is 0.241 e. The molecule has 2 aliphatic rings. The monoisotopic (exact) mass is 371 g/mol. The first-order valence-corrected chi connectivity index (χ1v) is 9.30. The van der Waals surface area contributed by atoms with Gasteiger partial charge in [0.05, 0.1) is 0 Å². The number of aromatic nitrogens is 1. The Morgan fingerprint density at radius 3 is 2.65 bits per heavy atom. The van der Waals surface area contributed by atoms with E-state index in [1.165, 1.54) is 0 Å². The molecule has 2 unspecified atom stereocenters. The van der Waals surface area contributed by atoms with Gasteiger partial charge in [0.15, 0.2) is 0 Å². The van der Waals surface area contributed by atoms with Crippen molar-refractivity contribution >= 4 is 23.3 Å². The number of halogens is 1. The van der Waals surface area contributed by atoms with Crippen LogP contribution in [0.4, 0.5) is 5.82 Å². The summed E-state index contributed by atoms with van der Waals surface area (Å²) >= 11 is 6.08. The number of hydrogen-bond donors (Lipinski definition) is 2. The molecule has 1 aromatic carbocycles. The van der Waals surface area contributed by atoms with Crippen LogP contribution in [0.2, 0.25) is 5.02 Å². The van der Waals surface area contributed by atoms with E-state index in [1.54, 1.807) is 6.20 Å². The number of pyridine rings is 1. The topological polar surface area (TPSA) is 60.5 Å². The Bertz CT molecular complexity index is 764. The number of benzene rings is 1. The zero-order valence-electron chi connectivity index (χ0n) is 14.4. The highest BCUT2D eigenvalue weighted by Gasteiger charge is 2.34. The Balaban J connectivity index is 1.33. The summed E-state index contributed by atoms with van der Waals surface area (Å²) < 4.78 is 0. The maximum absolute atomic E-state index is 12.9. The van der Waals surface area contributed by atoms with Crippen LogP contribution in [0.5, 0.6) is 0 Å². The molecule has 0 spiro atoms. The van der Waals surface area contributed by atoms with Crippen LogP contribution >= 0.6 is 11.6 Å². The van der Waals surface area contributed by atoms with Crippen LogP contribution in [0.25, 0.3) is 0 Å². The first-order valence-electron chi connectivity index (χ1n) is 8.92. The molecule has 2 aliphatic heterocycles. The molecule has 2 fully saturated rings. The number of carbonyl (C=O) groups is 1. The first-order chi connectivity index (χ1) is 12.7. The lowest BCUT2D eigenvalue weighted by Gasteiger charge is -2.36. The van der Waals surface area contributed by atoms with Gasteiger partial charge in [-0.1, -0.05) is 29.8 Å². The number of hydrazine groups is 1. The largest absolute Gasteiger partial charge is 0.353 e. The number of nitrogens with zero attached hydrogens (tertiary/aromatic N) is 3. The van der Waals surface area contributed by atoms with E-state index in [9.17, 15) is 4.79 Å². The van der Waals surface area contributed by atoms with Gasteiger partial charge in [0.1, 0.15) is 11.9 Å². The van der Waals surface area contributed by atoms with Crippen LogP contribution < -0.4 is 15.8 Å². The second-order valence-corrected chi connectivity index (χ2v) is 7.12. The quantitative estimate of drug-likeness (QED) is 0.864. The van der Waals surface area contributed by atoms with Crippen LogP contribution in [0, 0.1) is 0 Å².